The van der Waals surface area contributed by atoms with Gasteiger partial charge in [-0.3, -0.25) is 4.84 Å². The van der Waals surface area contributed by atoms with E-state index in [1.165, 1.54) is 21.0 Å². The van der Waals surface area contributed by atoms with Crippen LogP contribution < -0.4 is 4.90 Å². The Morgan fingerprint density at radius 1 is 1.43 bits per heavy atom. The molecule has 1 aliphatic heterocycles. The summed E-state index contributed by atoms with van der Waals surface area (Å²) in [5.74, 6) is -0.281. The summed E-state index contributed by atoms with van der Waals surface area (Å²) in [6, 6.07) is -0.774. The highest BCUT2D eigenvalue weighted by atomic mass is 19.4. The summed E-state index contributed by atoms with van der Waals surface area (Å²) in [5.41, 5.74) is -0.972. The van der Waals surface area contributed by atoms with Gasteiger partial charge in [0.1, 0.15) is 11.9 Å². The van der Waals surface area contributed by atoms with Crippen molar-refractivity contribution < 1.29 is 27.9 Å². The topological polar surface area (TPSA) is 65.9 Å². The van der Waals surface area contributed by atoms with Gasteiger partial charge in [0, 0.05) is 6.20 Å². The molecule has 1 aromatic rings. The summed E-state index contributed by atoms with van der Waals surface area (Å²) in [6.45, 7) is 2.77. The fourth-order valence-corrected chi connectivity index (χ4v) is 2.16. The Labute approximate surface area is 118 Å². The summed E-state index contributed by atoms with van der Waals surface area (Å²) in [5, 5.41) is 10.9. The SMILES string of the molecule is CON1C(=O)N(c2cc(C(F)(F)F)c(C)cn2)C(O)C1C. The van der Waals surface area contributed by atoms with Crippen molar-refractivity contribution in [3.63, 3.8) is 0 Å². The molecule has 2 unspecified atom stereocenters. The summed E-state index contributed by atoms with van der Waals surface area (Å²) in [4.78, 5) is 21.4. The highest BCUT2D eigenvalue weighted by molar-refractivity contribution is 5.93. The molecule has 2 atom stereocenters. The number of amides is 2. The zero-order valence-corrected chi connectivity index (χ0v) is 11.5. The molecule has 6 nitrogen and oxygen atoms in total. The third-order valence-electron chi connectivity index (χ3n) is 3.30. The Morgan fingerprint density at radius 3 is 2.52 bits per heavy atom. The van der Waals surface area contributed by atoms with E-state index in [4.69, 9.17) is 4.84 Å². The first-order chi connectivity index (χ1) is 9.68. The number of alkyl halides is 3. The Balaban J connectivity index is 2.46. The van der Waals surface area contributed by atoms with Crippen LogP contribution in [0.3, 0.4) is 0 Å². The average Bonchev–Trinajstić information content (AvgIpc) is 2.60. The van der Waals surface area contributed by atoms with E-state index < -0.39 is 30.0 Å². The van der Waals surface area contributed by atoms with Crippen LogP contribution in [0.25, 0.3) is 0 Å². The van der Waals surface area contributed by atoms with E-state index in [1.54, 1.807) is 0 Å². The second kappa shape index (κ2) is 5.15. The van der Waals surface area contributed by atoms with Gasteiger partial charge in [0.2, 0.25) is 0 Å². The average molecular weight is 305 g/mol. The fraction of sp³-hybridized carbons (Fsp3) is 0.500. The number of pyridine rings is 1. The predicted molar refractivity (Wildman–Crippen MR) is 66.2 cm³/mol. The number of aromatic nitrogens is 1. The molecule has 116 valence electrons. The second-order valence-corrected chi connectivity index (χ2v) is 4.67. The molecule has 1 N–H and O–H groups in total. The van der Waals surface area contributed by atoms with Gasteiger partial charge in [0.15, 0.2) is 6.23 Å². The summed E-state index contributed by atoms with van der Waals surface area (Å²) in [6.07, 6.45) is -4.91. The van der Waals surface area contributed by atoms with Crippen LogP contribution in [0.5, 0.6) is 0 Å². The smallest absolute Gasteiger partial charge is 0.371 e. The first-order valence-electron chi connectivity index (χ1n) is 6.07. The quantitative estimate of drug-likeness (QED) is 0.906. The summed E-state index contributed by atoms with van der Waals surface area (Å²) in [7, 11) is 1.23. The molecule has 0 aliphatic carbocycles. The number of carbonyl (C=O) groups is 1. The molecule has 0 bridgehead atoms. The first-order valence-corrected chi connectivity index (χ1v) is 6.07. The monoisotopic (exact) mass is 305 g/mol. The molecule has 9 heteroatoms. The lowest BCUT2D eigenvalue weighted by Gasteiger charge is -2.20. The van der Waals surface area contributed by atoms with Crippen LogP contribution >= 0.6 is 0 Å². The Kier molecular flexibility index (Phi) is 3.81. The molecule has 0 saturated carbocycles. The van der Waals surface area contributed by atoms with Crippen molar-refractivity contribution in [3.8, 4) is 0 Å². The standard InChI is InChI=1S/C12H14F3N3O3/c1-6-5-16-9(4-8(6)12(13,14)15)17-10(19)7(2)18(21-3)11(17)20/h4-5,7,10,19H,1-3H3. The van der Waals surface area contributed by atoms with E-state index in [-0.39, 0.29) is 11.4 Å². The van der Waals surface area contributed by atoms with Crippen molar-refractivity contribution in [1.29, 1.82) is 0 Å². The van der Waals surface area contributed by atoms with Gasteiger partial charge in [-0.1, -0.05) is 0 Å². The number of hydrogen-bond acceptors (Lipinski definition) is 4. The third kappa shape index (κ3) is 2.54. The molecule has 1 aromatic heterocycles. The number of rotatable bonds is 2. The maximum absolute atomic E-state index is 12.9. The van der Waals surface area contributed by atoms with Crippen LogP contribution in [0.15, 0.2) is 12.3 Å². The lowest BCUT2D eigenvalue weighted by molar-refractivity contribution is -0.138. The number of halogens is 3. The number of hydrogen-bond donors (Lipinski definition) is 1. The number of urea groups is 1. The normalized spacial score (nSPS) is 23.1. The number of anilines is 1. The zero-order valence-electron chi connectivity index (χ0n) is 11.5. The van der Waals surface area contributed by atoms with Crippen molar-refractivity contribution in [2.24, 2.45) is 0 Å². The molecule has 1 saturated heterocycles. The number of carbonyl (C=O) groups excluding carboxylic acids is 1. The molecule has 1 fully saturated rings. The van der Waals surface area contributed by atoms with Gasteiger partial charge >= 0.3 is 12.2 Å². The van der Waals surface area contributed by atoms with Crippen molar-refractivity contribution >= 4 is 11.8 Å². The highest BCUT2D eigenvalue weighted by Crippen LogP contribution is 2.35. The summed E-state index contributed by atoms with van der Waals surface area (Å²) >= 11 is 0. The minimum absolute atomic E-state index is 0.0657. The zero-order chi connectivity index (χ0) is 15.9. The minimum atomic E-state index is -4.57. The van der Waals surface area contributed by atoms with Crippen LogP contribution in [0, 0.1) is 6.92 Å². The number of aliphatic hydroxyl groups is 1. The van der Waals surface area contributed by atoms with Crippen LogP contribution in [-0.2, 0) is 11.0 Å². The van der Waals surface area contributed by atoms with E-state index >= 15 is 0 Å². The van der Waals surface area contributed by atoms with E-state index in [0.29, 0.717) is 0 Å². The van der Waals surface area contributed by atoms with Gasteiger partial charge in [-0.2, -0.15) is 18.2 Å². The summed E-state index contributed by atoms with van der Waals surface area (Å²) < 4.78 is 38.7. The Morgan fingerprint density at radius 2 is 2.05 bits per heavy atom. The molecule has 2 rings (SSSR count). The van der Waals surface area contributed by atoms with Gasteiger partial charge in [-0.05, 0) is 25.5 Å². The molecule has 1 aliphatic rings. The Bertz CT molecular complexity index is 564. The predicted octanol–water partition coefficient (Wildman–Crippen LogP) is 1.92. The molecule has 2 heterocycles. The Hall–Kier alpha value is -1.87. The maximum Gasteiger partial charge on any atom is 0.416 e. The number of aliphatic hydroxyl groups excluding tert-OH is 1. The van der Waals surface area contributed by atoms with E-state index in [2.05, 4.69) is 4.98 Å². The van der Waals surface area contributed by atoms with Crippen molar-refractivity contribution in [1.82, 2.24) is 10.0 Å². The second-order valence-electron chi connectivity index (χ2n) is 4.67. The molecule has 0 spiro atoms. The third-order valence-corrected chi connectivity index (χ3v) is 3.30. The lowest BCUT2D eigenvalue weighted by Crippen LogP contribution is -2.36. The molecule has 2 amide bonds. The van der Waals surface area contributed by atoms with E-state index in [0.717, 1.165) is 22.2 Å². The van der Waals surface area contributed by atoms with E-state index in [9.17, 15) is 23.1 Å². The molecule has 0 aromatic carbocycles. The van der Waals surface area contributed by atoms with Crippen LogP contribution in [0.1, 0.15) is 18.1 Å². The number of nitrogens with zero attached hydrogens (tertiary/aromatic N) is 3. The van der Waals surface area contributed by atoms with Crippen LogP contribution in [0.2, 0.25) is 0 Å². The minimum Gasteiger partial charge on any atom is -0.371 e. The molecule has 21 heavy (non-hydrogen) atoms. The maximum atomic E-state index is 12.9. The molecule has 0 radical (unpaired) electrons. The van der Waals surface area contributed by atoms with Crippen molar-refractivity contribution in [3.05, 3.63) is 23.4 Å². The fourth-order valence-electron chi connectivity index (χ4n) is 2.16. The first kappa shape index (κ1) is 15.5. The van der Waals surface area contributed by atoms with Gasteiger partial charge in [0.05, 0.1) is 12.7 Å². The van der Waals surface area contributed by atoms with Crippen LogP contribution in [0.4, 0.5) is 23.8 Å². The van der Waals surface area contributed by atoms with Crippen LogP contribution in [-0.4, -0.2) is 40.6 Å². The largest absolute Gasteiger partial charge is 0.416 e. The highest BCUT2D eigenvalue weighted by Gasteiger charge is 2.45. The van der Waals surface area contributed by atoms with Gasteiger partial charge < -0.3 is 5.11 Å². The van der Waals surface area contributed by atoms with Crippen molar-refractivity contribution in [2.45, 2.75) is 32.3 Å². The molecular weight excluding hydrogens is 291 g/mol. The molecular formula is C12H14F3N3O3. The van der Waals surface area contributed by atoms with Gasteiger partial charge in [-0.15, -0.1) is 0 Å². The number of aryl methyl sites for hydroxylation is 1. The van der Waals surface area contributed by atoms with E-state index in [1.807, 2.05) is 0 Å². The van der Waals surface area contributed by atoms with Crippen molar-refractivity contribution in [2.75, 3.05) is 12.0 Å². The number of hydroxylamine groups is 2. The lowest BCUT2D eigenvalue weighted by atomic mass is 10.1. The van der Waals surface area contributed by atoms with Gasteiger partial charge in [0.25, 0.3) is 0 Å². The van der Waals surface area contributed by atoms with Gasteiger partial charge in [-0.25, -0.2) is 14.7 Å².